The normalized spacial score (nSPS) is 10.5. The van der Waals surface area contributed by atoms with Crippen LogP contribution < -0.4 is 0 Å². The summed E-state index contributed by atoms with van der Waals surface area (Å²) in [7, 11) is 0. The Hall–Kier alpha value is 0.620. The molecule has 0 fully saturated rings. The van der Waals surface area contributed by atoms with Crippen molar-refractivity contribution in [3.8, 4) is 0 Å². The quantitative estimate of drug-likeness (QED) is 0.448. The summed E-state index contributed by atoms with van der Waals surface area (Å²) < 4.78 is 0. The van der Waals surface area contributed by atoms with Crippen molar-refractivity contribution in [1.82, 2.24) is 0 Å². The maximum atomic E-state index is 8.50. The van der Waals surface area contributed by atoms with Crippen molar-refractivity contribution in [3.63, 3.8) is 0 Å². The molecule has 0 heterocycles. The highest BCUT2D eigenvalue weighted by Crippen LogP contribution is 2.13. The Morgan fingerprint density at radius 2 is 1.50 bits per heavy atom. The van der Waals surface area contributed by atoms with Gasteiger partial charge in [0.1, 0.15) is 0 Å². The maximum Gasteiger partial charge on any atom is 0.0522 e. The van der Waals surface area contributed by atoms with Crippen LogP contribution in [0.1, 0.15) is 19.3 Å². The van der Waals surface area contributed by atoms with Gasteiger partial charge in [-0.25, -0.2) is 0 Å². The maximum absolute atomic E-state index is 8.50. The van der Waals surface area contributed by atoms with Crippen LogP contribution in [0.3, 0.4) is 0 Å². The number of aliphatic hydroxyl groups is 2. The predicted molar refractivity (Wildman–Crippen MR) is 57.8 cm³/mol. The van der Waals surface area contributed by atoms with E-state index < -0.39 is 0 Å². The molecule has 0 atom stereocenters. The molecular formula is C8H18O2S2. The Balaban J connectivity index is 2.73. The Morgan fingerprint density at radius 1 is 0.750 bits per heavy atom. The molecule has 0 saturated heterocycles. The van der Waals surface area contributed by atoms with Crippen LogP contribution in [0.25, 0.3) is 0 Å². The molecule has 0 radical (unpaired) electrons. The van der Waals surface area contributed by atoms with Crippen LogP contribution in [0.5, 0.6) is 0 Å². The Morgan fingerprint density at radius 3 is 2.17 bits per heavy atom. The first kappa shape index (κ1) is 12.6. The molecule has 74 valence electrons. The molecule has 0 aromatic heterocycles. The molecule has 2 N–H and O–H groups in total. The molecule has 12 heavy (non-hydrogen) atoms. The van der Waals surface area contributed by atoms with Crippen LogP contribution in [0, 0.1) is 0 Å². The van der Waals surface area contributed by atoms with E-state index in [1.807, 2.05) is 11.8 Å². The summed E-state index contributed by atoms with van der Waals surface area (Å²) >= 11 is 3.69. The van der Waals surface area contributed by atoms with Gasteiger partial charge in [-0.2, -0.15) is 11.8 Å². The van der Waals surface area contributed by atoms with Gasteiger partial charge in [0, 0.05) is 17.4 Å². The van der Waals surface area contributed by atoms with E-state index in [4.69, 9.17) is 10.2 Å². The van der Waals surface area contributed by atoms with Crippen molar-refractivity contribution in [2.45, 2.75) is 19.3 Å². The molecule has 0 saturated carbocycles. The number of hydrogen-bond donors (Lipinski definition) is 2. The van der Waals surface area contributed by atoms with E-state index in [9.17, 15) is 0 Å². The SMILES string of the molecule is OCCCCCSCSCCO. The Bertz CT molecular complexity index is 71.5. The lowest BCUT2D eigenvalue weighted by Gasteiger charge is -1.99. The predicted octanol–water partition coefficient (Wildman–Crippen LogP) is 1.57. The lowest BCUT2D eigenvalue weighted by Crippen LogP contribution is -1.88. The average Bonchev–Trinajstić information content (AvgIpc) is 2.10. The molecule has 0 aliphatic carbocycles. The largest absolute Gasteiger partial charge is 0.396 e. The van der Waals surface area contributed by atoms with E-state index in [0.717, 1.165) is 23.7 Å². The van der Waals surface area contributed by atoms with Gasteiger partial charge in [-0.05, 0) is 18.6 Å². The number of hydrogen-bond acceptors (Lipinski definition) is 4. The molecule has 4 heteroatoms. The summed E-state index contributed by atoms with van der Waals surface area (Å²) in [6, 6.07) is 0. The first-order valence-corrected chi connectivity index (χ1v) is 6.60. The van der Waals surface area contributed by atoms with Crippen molar-refractivity contribution in [1.29, 1.82) is 0 Å². The van der Waals surface area contributed by atoms with Gasteiger partial charge in [0.05, 0.1) is 6.61 Å². The molecule has 2 nitrogen and oxygen atoms in total. The number of aliphatic hydroxyl groups excluding tert-OH is 2. The monoisotopic (exact) mass is 210 g/mol. The van der Waals surface area contributed by atoms with Gasteiger partial charge in [0.25, 0.3) is 0 Å². The smallest absolute Gasteiger partial charge is 0.0522 e. The van der Waals surface area contributed by atoms with E-state index in [1.165, 1.54) is 12.2 Å². The third kappa shape index (κ3) is 10.6. The Kier molecular flexibility index (Phi) is 12.2. The zero-order valence-electron chi connectivity index (χ0n) is 7.37. The van der Waals surface area contributed by atoms with Crippen molar-refractivity contribution in [3.05, 3.63) is 0 Å². The van der Waals surface area contributed by atoms with E-state index in [1.54, 1.807) is 11.8 Å². The Labute approximate surface area is 83.1 Å². The number of rotatable bonds is 9. The van der Waals surface area contributed by atoms with Crippen LogP contribution in [-0.2, 0) is 0 Å². The third-order valence-electron chi connectivity index (χ3n) is 1.35. The summed E-state index contributed by atoms with van der Waals surface area (Å²) in [4.78, 5) is 0. The topological polar surface area (TPSA) is 40.5 Å². The van der Waals surface area contributed by atoms with E-state index in [-0.39, 0.29) is 6.61 Å². The molecule has 0 bridgehead atoms. The second-order valence-electron chi connectivity index (χ2n) is 2.44. The fraction of sp³-hybridized carbons (Fsp3) is 1.00. The first-order valence-electron chi connectivity index (χ1n) is 4.29. The fourth-order valence-electron chi connectivity index (χ4n) is 0.734. The average molecular weight is 210 g/mol. The van der Waals surface area contributed by atoms with Crippen LogP contribution in [0.2, 0.25) is 0 Å². The zero-order chi connectivity index (χ0) is 9.07. The van der Waals surface area contributed by atoms with Crippen molar-refractivity contribution >= 4 is 23.5 Å². The summed E-state index contributed by atoms with van der Waals surface area (Å²) in [6.07, 6.45) is 3.27. The summed E-state index contributed by atoms with van der Waals surface area (Å²) in [5, 5.41) is 18.1. The minimum Gasteiger partial charge on any atom is -0.396 e. The second kappa shape index (κ2) is 11.6. The first-order chi connectivity index (χ1) is 5.91. The second-order valence-corrected chi connectivity index (χ2v) is 5.02. The van der Waals surface area contributed by atoms with Crippen LogP contribution >= 0.6 is 23.5 Å². The molecule has 0 aromatic carbocycles. The number of unbranched alkanes of at least 4 members (excludes halogenated alkanes) is 2. The summed E-state index contributed by atoms with van der Waals surface area (Å²) in [6.45, 7) is 0.611. The van der Waals surface area contributed by atoms with E-state index >= 15 is 0 Å². The highest BCUT2D eigenvalue weighted by Gasteiger charge is 1.90. The minimum atomic E-state index is 0.287. The van der Waals surface area contributed by atoms with Crippen LogP contribution in [0.4, 0.5) is 0 Å². The number of thioether (sulfide) groups is 2. The highest BCUT2D eigenvalue weighted by atomic mass is 32.2. The molecular weight excluding hydrogens is 192 g/mol. The lowest BCUT2D eigenvalue weighted by molar-refractivity contribution is 0.284. The molecule has 0 aromatic rings. The standard InChI is InChI=1S/C8H18O2S2/c9-4-2-1-3-6-11-8-12-7-5-10/h9-10H,1-8H2. The summed E-state index contributed by atoms with van der Waals surface area (Å²) in [5.41, 5.74) is 0. The van der Waals surface area contributed by atoms with Gasteiger partial charge in [0.2, 0.25) is 0 Å². The third-order valence-corrected chi connectivity index (χ3v) is 3.73. The van der Waals surface area contributed by atoms with Gasteiger partial charge in [-0.1, -0.05) is 6.42 Å². The zero-order valence-corrected chi connectivity index (χ0v) is 9.00. The highest BCUT2D eigenvalue weighted by molar-refractivity contribution is 8.15. The van der Waals surface area contributed by atoms with Gasteiger partial charge in [-0.15, -0.1) is 11.8 Å². The molecule has 0 amide bonds. The van der Waals surface area contributed by atoms with E-state index in [0.29, 0.717) is 6.61 Å². The van der Waals surface area contributed by atoms with Crippen LogP contribution in [0.15, 0.2) is 0 Å². The van der Waals surface area contributed by atoms with Crippen molar-refractivity contribution < 1.29 is 10.2 Å². The fourth-order valence-corrected chi connectivity index (χ4v) is 2.69. The van der Waals surface area contributed by atoms with Crippen LogP contribution in [-0.4, -0.2) is 40.0 Å². The summed E-state index contributed by atoms with van der Waals surface area (Å²) in [5.74, 6) is 2.03. The minimum absolute atomic E-state index is 0.287. The van der Waals surface area contributed by atoms with E-state index in [2.05, 4.69) is 0 Å². The molecule has 0 unspecified atom stereocenters. The molecule has 0 spiro atoms. The van der Waals surface area contributed by atoms with Gasteiger partial charge < -0.3 is 10.2 Å². The van der Waals surface area contributed by atoms with Crippen molar-refractivity contribution in [2.75, 3.05) is 29.8 Å². The lowest BCUT2D eigenvalue weighted by atomic mass is 10.3. The van der Waals surface area contributed by atoms with Gasteiger partial charge in [0.15, 0.2) is 0 Å². The molecule has 0 aliphatic heterocycles. The van der Waals surface area contributed by atoms with Gasteiger partial charge in [-0.3, -0.25) is 0 Å². The molecule has 0 aliphatic rings. The molecule has 0 rings (SSSR count). The van der Waals surface area contributed by atoms with Crippen molar-refractivity contribution in [2.24, 2.45) is 0 Å². The van der Waals surface area contributed by atoms with Gasteiger partial charge >= 0.3 is 0 Å².